The molecule has 0 aromatic carbocycles. The molecule has 6 heteroatoms. The monoisotopic (exact) mass is 239 g/mol. The summed E-state index contributed by atoms with van der Waals surface area (Å²) in [6.07, 6.45) is 5.00. The van der Waals surface area contributed by atoms with Crippen molar-refractivity contribution in [1.29, 1.82) is 0 Å². The summed E-state index contributed by atoms with van der Waals surface area (Å²) in [4.78, 5) is 1.46. The second-order valence-corrected chi connectivity index (χ2v) is 4.54. The number of hydrogen-bond acceptors (Lipinski definition) is 5. The number of aryl methyl sites for hydroxylation is 1. The van der Waals surface area contributed by atoms with Crippen LogP contribution in [-0.4, -0.2) is 38.9 Å². The Balaban J connectivity index is 1.68. The zero-order chi connectivity index (χ0) is 12.1. The van der Waals surface area contributed by atoms with E-state index in [1.807, 2.05) is 0 Å². The highest BCUT2D eigenvalue weighted by Crippen LogP contribution is 2.21. The lowest BCUT2D eigenvalue weighted by Gasteiger charge is -2.28. The van der Waals surface area contributed by atoms with Crippen molar-refractivity contribution >= 4 is 0 Å². The standard InChI is InChI=1S/C11H21N5O/c1-3-12-9-4-6-10(7-5-9)17-8-11-13-15-16(2)14-11/h9-10,12H,3-8H2,1-2H3. The first kappa shape index (κ1) is 12.4. The van der Waals surface area contributed by atoms with E-state index >= 15 is 0 Å². The number of hydrogen-bond donors (Lipinski definition) is 1. The van der Waals surface area contributed by atoms with Crippen molar-refractivity contribution in [3.63, 3.8) is 0 Å². The van der Waals surface area contributed by atoms with Gasteiger partial charge >= 0.3 is 0 Å². The number of rotatable bonds is 5. The molecule has 0 amide bonds. The van der Waals surface area contributed by atoms with Crippen LogP contribution < -0.4 is 5.32 Å². The predicted octanol–water partition coefficient (Wildman–Crippen LogP) is 0.647. The van der Waals surface area contributed by atoms with Crippen LogP contribution in [0, 0.1) is 0 Å². The van der Waals surface area contributed by atoms with Gasteiger partial charge in [-0.15, -0.1) is 10.2 Å². The Morgan fingerprint density at radius 1 is 1.35 bits per heavy atom. The average Bonchev–Trinajstić information content (AvgIpc) is 2.75. The van der Waals surface area contributed by atoms with Gasteiger partial charge in [-0.05, 0) is 37.4 Å². The first-order chi connectivity index (χ1) is 8.28. The highest BCUT2D eigenvalue weighted by Gasteiger charge is 2.21. The summed E-state index contributed by atoms with van der Waals surface area (Å²) < 4.78 is 5.80. The van der Waals surface area contributed by atoms with Crippen molar-refractivity contribution in [3.05, 3.63) is 5.82 Å². The van der Waals surface area contributed by atoms with E-state index in [0.29, 0.717) is 24.6 Å². The van der Waals surface area contributed by atoms with Gasteiger partial charge in [0.25, 0.3) is 0 Å². The van der Waals surface area contributed by atoms with Gasteiger partial charge in [0.05, 0.1) is 13.2 Å². The molecule has 1 N–H and O–H groups in total. The Hall–Kier alpha value is -1.01. The molecule has 0 aliphatic heterocycles. The molecule has 6 nitrogen and oxygen atoms in total. The van der Waals surface area contributed by atoms with E-state index in [1.165, 1.54) is 17.6 Å². The van der Waals surface area contributed by atoms with Crippen molar-refractivity contribution in [2.45, 2.75) is 51.4 Å². The molecule has 0 atom stereocenters. The van der Waals surface area contributed by atoms with Crippen LogP contribution in [0.2, 0.25) is 0 Å². The lowest BCUT2D eigenvalue weighted by molar-refractivity contribution is 0.00818. The van der Waals surface area contributed by atoms with Crippen LogP contribution in [-0.2, 0) is 18.4 Å². The second-order valence-electron chi connectivity index (χ2n) is 4.54. The van der Waals surface area contributed by atoms with E-state index in [-0.39, 0.29) is 0 Å². The van der Waals surface area contributed by atoms with Crippen LogP contribution in [0.5, 0.6) is 0 Å². The molecule has 2 rings (SSSR count). The molecule has 1 aromatic heterocycles. The Kier molecular flexibility index (Phi) is 4.44. The van der Waals surface area contributed by atoms with Crippen LogP contribution in [0.4, 0.5) is 0 Å². The highest BCUT2D eigenvalue weighted by molar-refractivity contribution is 4.78. The minimum Gasteiger partial charge on any atom is -0.370 e. The maximum atomic E-state index is 5.80. The maximum Gasteiger partial charge on any atom is 0.200 e. The van der Waals surface area contributed by atoms with Crippen LogP contribution >= 0.6 is 0 Å². The molecule has 0 saturated heterocycles. The van der Waals surface area contributed by atoms with E-state index in [0.717, 1.165) is 19.4 Å². The molecule has 96 valence electrons. The first-order valence-electron chi connectivity index (χ1n) is 6.35. The smallest absolute Gasteiger partial charge is 0.200 e. The van der Waals surface area contributed by atoms with Crippen LogP contribution in [0.25, 0.3) is 0 Å². The average molecular weight is 239 g/mol. The molecule has 1 aliphatic carbocycles. The van der Waals surface area contributed by atoms with Crippen molar-refractivity contribution in [2.75, 3.05) is 6.54 Å². The SMILES string of the molecule is CCNC1CCC(OCc2nnn(C)n2)CC1. The topological polar surface area (TPSA) is 64.9 Å². The fourth-order valence-corrected chi connectivity index (χ4v) is 2.30. The lowest BCUT2D eigenvalue weighted by atomic mass is 9.93. The quantitative estimate of drug-likeness (QED) is 0.817. The number of ether oxygens (including phenoxy) is 1. The van der Waals surface area contributed by atoms with E-state index in [9.17, 15) is 0 Å². The molecular formula is C11H21N5O. The van der Waals surface area contributed by atoms with Gasteiger partial charge in [-0.1, -0.05) is 6.92 Å². The van der Waals surface area contributed by atoms with Crippen LogP contribution in [0.3, 0.4) is 0 Å². The summed E-state index contributed by atoms with van der Waals surface area (Å²) in [6.45, 7) is 3.69. The Bertz CT molecular complexity index is 332. The molecular weight excluding hydrogens is 218 g/mol. The molecule has 1 heterocycles. The van der Waals surface area contributed by atoms with Gasteiger partial charge in [0.1, 0.15) is 6.61 Å². The van der Waals surface area contributed by atoms with Gasteiger partial charge in [-0.3, -0.25) is 0 Å². The van der Waals surface area contributed by atoms with Gasteiger partial charge in [0.15, 0.2) is 5.82 Å². The molecule has 0 unspecified atom stereocenters. The molecule has 1 fully saturated rings. The Morgan fingerprint density at radius 2 is 2.12 bits per heavy atom. The summed E-state index contributed by atoms with van der Waals surface area (Å²) in [5.41, 5.74) is 0. The maximum absolute atomic E-state index is 5.80. The fraction of sp³-hybridized carbons (Fsp3) is 0.909. The second kappa shape index (κ2) is 6.07. The van der Waals surface area contributed by atoms with Gasteiger partial charge in [0.2, 0.25) is 0 Å². The minimum absolute atomic E-state index is 0.355. The molecule has 1 aromatic rings. The van der Waals surface area contributed by atoms with E-state index in [1.54, 1.807) is 7.05 Å². The summed E-state index contributed by atoms with van der Waals surface area (Å²) in [5, 5.41) is 15.3. The number of nitrogens with one attached hydrogen (secondary N) is 1. The lowest BCUT2D eigenvalue weighted by Crippen LogP contribution is -2.35. The van der Waals surface area contributed by atoms with Gasteiger partial charge in [-0.25, -0.2) is 0 Å². The first-order valence-corrected chi connectivity index (χ1v) is 6.35. The van der Waals surface area contributed by atoms with E-state index in [2.05, 4.69) is 27.7 Å². The van der Waals surface area contributed by atoms with Gasteiger partial charge in [0, 0.05) is 6.04 Å². The number of aromatic nitrogens is 4. The van der Waals surface area contributed by atoms with Crippen molar-refractivity contribution in [1.82, 2.24) is 25.5 Å². The minimum atomic E-state index is 0.355. The van der Waals surface area contributed by atoms with Gasteiger partial charge < -0.3 is 10.1 Å². The summed E-state index contributed by atoms with van der Waals surface area (Å²) in [6, 6.07) is 0.675. The molecule has 1 saturated carbocycles. The third-order valence-corrected chi connectivity index (χ3v) is 3.16. The Morgan fingerprint density at radius 3 is 2.71 bits per heavy atom. The zero-order valence-corrected chi connectivity index (χ0v) is 10.6. The summed E-state index contributed by atoms with van der Waals surface area (Å²) >= 11 is 0. The number of tetrazole rings is 1. The van der Waals surface area contributed by atoms with Crippen molar-refractivity contribution in [3.8, 4) is 0 Å². The van der Waals surface area contributed by atoms with Gasteiger partial charge in [-0.2, -0.15) is 4.80 Å². The third-order valence-electron chi connectivity index (χ3n) is 3.16. The third kappa shape index (κ3) is 3.74. The number of nitrogens with zero attached hydrogens (tertiary/aromatic N) is 4. The molecule has 1 aliphatic rings. The van der Waals surface area contributed by atoms with Crippen LogP contribution in [0.1, 0.15) is 38.4 Å². The fourth-order valence-electron chi connectivity index (χ4n) is 2.30. The zero-order valence-electron chi connectivity index (χ0n) is 10.6. The highest BCUT2D eigenvalue weighted by atomic mass is 16.5. The molecule has 0 bridgehead atoms. The largest absolute Gasteiger partial charge is 0.370 e. The summed E-state index contributed by atoms with van der Waals surface area (Å²) in [7, 11) is 1.76. The molecule has 0 radical (unpaired) electrons. The van der Waals surface area contributed by atoms with E-state index in [4.69, 9.17) is 4.74 Å². The normalized spacial score (nSPS) is 25.1. The molecule has 0 spiro atoms. The van der Waals surface area contributed by atoms with Crippen LogP contribution in [0.15, 0.2) is 0 Å². The van der Waals surface area contributed by atoms with Crippen molar-refractivity contribution < 1.29 is 4.74 Å². The predicted molar refractivity (Wildman–Crippen MR) is 63.3 cm³/mol. The Labute approximate surface area is 102 Å². The van der Waals surface area contributed by atoms with E-state index < -0.39 is 0 Å². The molecule has 17 heavy (non-hydrogen) atoms. The summed E-state index contributed by atoms with van der Waals surface area (Å²) in [5.74, 6) is 0.668. The van der Waals surface area contributed by atoms with Crippen molar-refractivity contribution in [2.24, 2.45) is 7.05 Å².